The van der Waals surface area contributed by atoms with Crippen LogP contribution in [-0.2, 0) is 9.53 Å². The number of ether oxygens (including phenoxy) is 2. The van der Waals surface area contributed by atoms with E-state index in [9.17, 15) is 9.59 Å². The lowest BCUT2D eigenvalue weighted by molar-refractivity contribution is -0.151. The molecule has 2 aliphatic heterocycles. The summed E-state index contributed by atoms with van der Waals surface area (Å²) in [7, 11) is 0. The van der Waals surface area contributed by atoms with E-state index in [2.05, 4.69) is 4.90 Å². The fraction of sp³-hybridized carbons (Fsp3) is 0.467. The number of anilines is 1. The van der Waals surface area contributed by atoms with Crippen LogP contribution < -0.4 is 9.64 Å². The van der Waals surface area contributed by atoms with Crippen LogP contribution in [0.15, 0.2) is 18.2 Å². The van der Waals surface area contributed by atoms with Crippen LogP contribution in [0.4, 0.5) is 5.69 Å². The molecule has 0 N–H and O–H groups in total. The molecule has 0 saturated heterocycles. The maximum atomic E-state index is 12.1. The Kier molecular flexibility index (Phi) is 3.34. The van der Waals surface area contributed by atoms with Gasteiger partial charge in [-0.2, -0.15) is 0 Å². The second-order valence-electron chi connectivity index (χ2n) is 4.98. The number of hydrogen-bond acceptors (Lipinski definition) is 5. The van der Waals surface area contributed by atoms with Gasteiger partial charge in [0.2, 0.25) is 6.10 Å². The van der Waals surface area contributed by atoms with Crippen molar-refractivity contribution in [3.05, 3.63) is 23.8 Å². The number of ketones is 1. The zero-order chi connectivity index (χ0) is 14.1. The summed E-state index contributed by atoms with van der Waals surface area (Å²) in [5.41, 5.74) is 1.53. The molecule has 0 fully saturated rings. The van der Waals surface area contributed by atoms with Gasteiger partial charge in [-0.05, 0) is 25.5 Å². The summed E-state index contributed by atoms with van der Waals surface area (Å²) in [6.07, 6.45) is 0.713. The van der Waals surface area contributed by atoms with Gasteiger partial charge in [-0.25, -0.2) is 4.79 Å². The molecule has 1 aromatic rings. The highest BCUT2D eigenvalue weighted by Gasteiger charge is 2.35. The number of carbonyl (C=O) groups excluding carboxylic acids is 2. The van der Waals surface area contributed by atoms with Gasteiger partial charge in [0.15, 0.2) is 5.78 Å². The summed E-state index contributed by atoms with van der Waals surface area (Å²) in [5.74, 6) is 0.392. The van der Waals surface area contributed by atoms with E-state index in [0.717, 1.165) is 18.7 Å². The predicted molar refractivity (Wildman–Crippen MR) is 73.3 cm³/mol. The molecule has 0 bridgehead atoms. The van der Waals surface area contributed by atoms with Gasteiger partial charge < -0.3 is 14.4 Å². The Balaban J connectivity index is 1.97. The number of para-hydroxylation sites is 1. The van der Waals surface area contributed by atoms with E-state index < -0.39 is 6.10 Å². The molecule has 20 heavy (non-hydrogen) atoms. The van der Waals surface area contributed by atoms with Crippen molar-refractivity contribution in [1.29, 1.82) is 0 Å². The second-order valence-corrected chi connectivity index (χ2v) is 4.98. The first-order chi connectivity index (χ1) is 9.70. The predicted octanol–water partition coefficient (Wildman–Crippen LogP) is 1.79. The number of esters is 1. The van der Waals surface area contributed by atoms with Crippen LogP contribution in [0, 0.1) is 0 Å². The summed E-state index contributed by atoms with van der Waals surface area (Å²) in [4.78, 5) is 26.0. The van der Waals surface area contributed by atoms with Crippen LogP contribution in [0.25, 0.3) is 0 Å². The molecule has 0 spiro atoms. The minimum Gasteiger partial charge on any atom is -0.475 e. The normalized spacial score (nSPS) is 20.8. The van der Waals surface area contributed by atoms with Crippen molar-refractivity contribution < 1.29 is 19.1 Å². The molecule has 106 valence electrons. The second kappa shape index (κ2) is 5.15. The molecule has 2 heterocycles. The van der Waals surface area contributed by atoms with Crippen LogP contribution in [0.2, 0.25) is 0 Å². The molecule has 5 nitrogen and oxygen atoms in total. The topological polar surface area (TPSA) is 55.8 Å². The van der Waals surface area contributed by atoms with Crippen LogP contribution in [-0.4, -0.2) is 37.6 Å². The van der Waals surface area contributed by atoms with Crippen molar-refractivity contribution >= 4 is 17.4 Å². The van der Waals surface area contributed by atoms with Crippen LogP contribution >= 0.6 is 0 Å². The van der Waals surface area contributed by atoms with Crippen molar-refractivity contribution in [1.82, 2.24) is 0 Å². The zero-order valence-electron chi connectivity index (χ0n) is 11.4. The van der Waals surface area contributed by atoms with Crippen LogP contribution in [0.3, 0.4) is 0 Å². The van der Waals surface area contributed by atoms with Gasteiger partial charge >= 0.3 is 5.97 Å². The Morgan fingerprint density at radius 1 is 1.50 bits per heavy atom. The summed E-state index contributed by atoms with van der Waals surface area (Å²) < 4.78 is 10.8. The zero-order valence-corrected chi connectivity index (χ0v) is 11.4. The van der Waals surface area contributed by atoms with Crippen molar-refractivity contribution in [2.75, 3.05) is 24.6 Å². The smallest absolute Gasteiger partial charge is 0.349 e. The molecule has 0 aliphatic carbocycles. The molecular weight excluding hydrogens is 258 g/mol. The van der Waals surface area contributed by atoms with Crippen molar-refractivity contribution in [3.8, 4) is 5.75 Å². The first kappa shape index (κ1) is 13.0. The highest BCUT2D eigenvalue weighted by atomic mass is 16.6. The van der Waals surface area contributed by atoms with Crippen LogP contribution in [0.5, 0.6) is 5.75 Å². The SMILES string of the molecule is CCOC(=O)C1CN2CCCC(=O)c3cccc(c32)O1. The molecule has 1 unspecified atom stereocenters. The van der Waals surface area contributed by atoms with E-state index in [0.29, 0.717) is 30.9 Å². The van der Waals surface area contributed by atoms with E-state index in [-0.39, 0.29) is 11.8 Å². The van der Waals surface area contributed by atoms with E-state index in [1.54, 1.807) is 19.1 Å². The molecule has 2 aliphatic rings. The van der Waals surface area contributed by atoms with Gasteiger partial charge in [-0.3, -0.25) is 4.79 Å². The first-order valence-electron chi connectivity index (χ1n) is 6.95. The molecule has 1 aromatic carbocycles. The fourth-order valence-corrected chi connectivity index (χ4v) is 2.78. The third-order valence-electron chi connectivity index (χ3n) is 3.65. The fourth-order valence-electron chi connectivity index (χ4n) is 2.78. The van der Waals surface area contributed by atoms with Gasteiger partial charge in [-0.15, -0.1) is 0 Å². The standard InChI is InChI=1S/C15H17NO4/c1-2-19-15(18)13-9-16-8-4-6-11(17)10-5-3-7-12(20-13)14(10)16/h3,5,7,13H,2,4,6,8-9H2,1H3. The third kappa shape index (κ3) is 2.13. The Bertz CT molecular complexity index is 555. The molecular formula is C15H17NO4. The van der Waals surface area contributed by atoms with Crippen molar-refractivity contribution in [2.45, 2.75) is 25.9 Å². The van der Waals surface area contributed by atoms with Gasteiger partial charge in [0.05, 0.1) is 18.8 Å². The molecule has 1 atom stereocenters. The third-order valence-corrected chi connectivity index (χ3v) is 3.65. The number of rotatable bonds is 2. The number of carbonyl (C=O) groups is 2. The number of nitrogens with zero attached hydrogens (tertiary/aromatic N) is 1. The van der Waals surface area contributed by atoms with E-state index in [1.165, 1.54) is 0 Å². The minimum absolute atomic E-state index is 0.141. The minimum atomic E-state index is -0.620. The van der Waals surface area contributed by atoms with Gasteiger partial charge in [0.1, 0.15) is 5.75 Å². The average Bonchev–Trinajstić information content (AvgIpc) is 2.61. The maximum Gasteiger partial charge on any atom is 0.349 e. The summed E-state index contributed by atoms with van der Waals surface area (Å²) in [6.45, 7) is 3.31. The number of hydrogen-bond donors (Lipinski definition) is 0. The highest BCUT2D eigenvalue weighted by molar-refractivity contribution is 6.03. The Hall–Kier alpha value is -2.04. The Morgan fingerprint density at radius 3 is 3.15 bits per heavy atom. The lowest BCUT2D eigenvalue weighted by Gasteiger charge is -2.35. The first-order valence-corrected chi connectivity index (χ1v) is 6.95. The Morgan fingerprint density at radius 2 is 2.35 bits per heavy atom. The van der Waals surface area contributed by atoms with Gasteiger partial charge in [0, 0.05) is 18.5 Å². The molecule has 3 rings (SSSR count). The molecule has 0 radical (unpaired) electrons. The van der Waals surface area contributed by atoms with E-state index in [1.807, 2.05) is 6.07 Å². The van der Waals surface area contributed by atoms with E-state index >= 15 is 0 Å². The van der Waals surface area contributed by atoms with E-state index in [4.69, 9.17) is 9.47 Å². The van der Waals surface area contributed by atoms with Crippen LogP contribution in [0.1, 0.15) is 30.1 Å². The quantitative estimate of drug-likeness (QED) is 0.770. The van der Waals surface area contributed by atoms with Crippen molar-refractivity contribution in [2.24, 2.45) is 0 Å². The highest BCUT2D eigenvalue weighted by Crippen LogP contribution is 2.39. The lowest BCUT2D eigenvalue weighted by atomic mass is 10.0. The summed E-state index contributed by atoms with van der Waals surface area (Å²) >= 11 is 0. The maximum absolute atomic E-state index is 12.1. The molecule has 5 heteroatoms. The Labute approximate surface area is 117 Å². The molecule has 0 saturated carbocycles. The molecule has 0 amide bonds. The van der Waals surface area contributed by atoms with Crippen molar-refractivity contribution in [3.63, 3.8) is 0 Å². The summed E-state index contributed by atoms with van der Waals surface area (Å²) in [6, 6.07) is 5.42. The molecule has 0 aromatic heterocycles. The van der Waals surface area contributed by atoms with Gasteiger partial charge in [-0.1, -0.05) is 6.07 Å². The largest absolute Gasteiger partial charge is 0.475 e. The number of benzene rings is 1. The number of Topliss-reactive ketones (excluding diaryl/α,β-unsaturated/α-hetero) is 1. The monoisotopic (exact) mass is 275 g/mol. The summed E-state index contributed by atoms with van der Waals surface area (Å²) in [5, 5.41) is 0. The lowest BCUT2D eigenvalue weighted by Crippen LogP contribution is -2.45. The average molecular weight is 275 g/mol. The van der Waals surface area contributed by atoms with Gasteiger partial charge in [0.25, 0.3) is 0 Å².